The van der Waals surface area contributed by atoms with E-state index in [9.17, 15) is 4.79 Å². The Morgan fingerprint density at radius 3 is 3.29 bits per heavy atom. The number of alkyl halides is 1. The van der Waals surface area contributed by atoms with Crippen molar-refractivity contribution >= 4 is 33.8 Å². The van der Waals surface area contributed by atoms with E-state index in [0.29, 0.717) is 6.54 Å². The number of hydrogen-bond acceptors (Lipinski definition) is 3. The molecule has 2 aromatic rings. The van der Waals surface area contributed by atoms with Gasteiger partial charge in [-0.25, -0.2) is 4.98 Å². The van der Waals surface area contributed by atoms with Crippen LogP contribution in [0.25, 0.3) is 4.96 Å². The van der Waals surface area contributed by atoms with Crippen molar-refractivity contribution in [3.8, 4) is 0 Å². The van der Waals surface area contributed by atoms with E-state index in [1.807, 2.05) is 22.2 Å². The van der Waals surface area contributed by atoms with Crippen molar-refractivity contribution in [3.05, 3.63) is 23.5 Å². The van der Waals surface area contributed by atoms with Crippen LogP contribution < -0.4 is 5.32 Å². The minimum atomic E-state index is -0.178. The number of nitrogens with one attached hydrogen (secondary N) is 1. The number of halogens is 1. The molecule has 1 N–H and O–H groups in total. The molecular formula is C8H8ClN3OS. The van der Waals surface area contributed by atoms with Crippen molar-refractivity contribution < 1.29 is 4.79 Å². The molecule has 2 rings (SSSR count). The van der Waals surface area contributed by atoms with Crippen molar-refractivity contribution in [2.45, 2.75) is 6.54 Å². The average Bonchev–Trinajstić information content (AvgIpc) is 2.73. The minimum Gasteiger partial charge on any atom is -0.349 e. The second kappa shape index (κ2) is 3.98. The lowest BCUT2D eigenvalue weighted by Gasteiger charge is -1.97. The average molecular weight is 230 g/mol. The van der Waals surface area contributed by atoms with Gasteiger partial charge in [-0.1, -0.05) is 0 Å². The van der Waals surface area contributed by atoms with Gasteiger partial charge in [0.1, 0.15) is 5.88 Å². The van der Waals surface area contributed by atoms with Gasteiger partial charge in [0.05, 0.1) is 12.2 Å². The summed E-state index contributed by atoms with van der Waals surface area (Å²) in [5, 5.41) is 4.62. The van der Waals surface area contributed by atoms with Crippen LogP contribution in [0.5, 0.6) is 0 Å². The number of fused-ring (bicyclic) bond motifs is 1. The summed E-state index contributed by atoms with van der Waals surface area (Å²) in [5.41, 5.74) is 0.843. The summed E-state index contributed by atoms with van der Waals surface area (Å²) < 4.78 is 1.92. The fraction of sp³-hybridized carbons (Fsp3) is 0.250. The van der Waals surface area contributed by atoms with Crippen molar-refractivity contribution in [1.82, 2.24) is 14.7 Å². The molecule has 0 aliphatic heterocycles. The van der Waals surface area contributed by atoms with E-state index in [1.165, 1.54) is 0 Å². The summed E-state index contributed by atoms with van der Waals surface area (Å²) in [5.74, 6) is -0.189. The lowest BCUT2D eigenvalue weighted by atomic mass is 10.4. The van der Waals surface area contributed by atoms with Gasteiger partial charge in [-0.05, 0) is 0 Å². The van der Waals surface area contributed by atoms with E-state index in [0.717, 1.165) is 10.7 Å². The number of amides is 1. The molecule has 0 spiro atoms. The molecular weight excluding hydrogens is 222 g/mol. The number of carbonyl (C=O) groups excluding carboxylic acids is 1. The Labute approximate surface area is 89.5 Å². The molecule has 0 atom stereocenters. The zero-order valence-electron chi connectivity index (χ0n) is 7.24. The van der Waals surface area contributed by atoms with Gasteiger partial charge in [0.2, 0.25) is 5.91 Å². The maximum absolute atomic E-state index is 10.9. The highest BCUT2D eigenvalue weighted by atomic mass is 35.5. The molecule has 0 unspecified atom stereocenters. The van der Waals surface area contributed by atoms with Crippen LogP contribution in [0.3, 0.4) is 0 Å². The first kappa shape index (κ1) is 9.48. The molecule has 0 saturated heterocycles. The highest BCUT2D eigenvalue weighted by Crippen LogP contribution is 2.10. The van der Waals surface area contributed by atoms with Gasteiger partial charge in [0, 0.05) is 17.8 Å². The van der Waals surface area contributed by atoms with Gasteiger partial charge in [-0.2, -0.15) is 0 Å². The lowest BCUT2D eigenvalue weighted by Crippen LogP contribution is -2.23. The van der Waals surface area contributed by atoms with Crippen molar-refractivity contribution in [1.29, 1.82) is 0 Å². The summed E-state index contributed by atoms with van der Waals surface area (Å²) in [6, 6.07) is 0. The van der Waals surface area contributed by atoms with E-state index in [1.54, 1.807) is 11.3 Å². The Kier molecular flexibility index (Phi) is 2.69. The molecule has 0 saturated carbocycles. The maximum Gasteiger partial charge on any atom is 0.235 e. The molecule has 0 aliphatic carbocycles. The quantitative estimate of drug-likeness (QED) is 0.806. The van der Waals surface area contributed by atoms with E-state index in [-0.39, 0.29) is 11.8 Å². The van der Waals surface area contributed by atoms with Crippen molar-refractivity contribution in [2.24, 2.45) is 0 Å². The Balaban J connectivity index is 2.05. The lowest BCUT2D eigenvalue weighted by molar-refractivity contribution is -0.118. The predicted octanol–water partition coefficient (Wildman–Crippen LogP) is 1.25. The predicted molar refractivity (Wildman–Crippen MR) is 55.6 cm³/mol. The largest absolute Gasteiger partial charge is 0.349 e. The van der Waals surface area contributed by atoms with Crippen molar-refractivity contribution in [2.75, 3.05) is 5.88 Å². The number of nitrogens with zero attached hydrogens (tertiary/aromatic N) is 2. The molecule has 0 radical (unpaired) electrons. The first-order valence-corrected chi connectivity index (χ1v) is 5.45. The van der Waals surface area contributed by atoms with Crippen LogP contribution in [0.2, 0.25) is 0 Å². The fourth-order valence-corrected chi connectivity index (χ4v) is 1.91. The van der Waals surface area contributed by atoms with Gasteiger partial charge in [-0.15, -0.1) is 22.9 Å². The molecule has 1 amide bonds. The smallest absolute Gasteiger partial charge is 0.235 e. The summed E-state index contributed by atoms with van der Waals surface area (Å²) in [7, 11) is 0. The normalized spacial score (nSPS) is 10.6. The summed E-state index contributed by atoms with van der Waals surface area (Å²) >= 11 is 6.90. The highest BCUT2D eigenvalue weighted by Gasteiger charge is 2.03. The van der Waals surface area contributed by atoms with Crippen LogP contribution in [0.15, 0.2) is 17.8 Å². The maximum atomic E-state index is 10.9. The van der Waals surface area contributed by atoms with E-state index >= 15 is 0 Å². The van der Waals surface area contributed by atoms with Crippen LogP contribution in [0.1, 0.15) is 5.69 Å². The van der Waals surface area contributed by atoms with Crippen LogP contribution in [-0.4, -0.2) is 21.2 Å². The number of hydrogen-bond donors (Lipinski definition) is 1. The fourth-order valence-electron chi connectivity index (χ4n) is 1.10. The van der Waals surface area contributed by atoms with Crippen LogP contribution >= 0.6 is 22.9 Å². The number of rotatable bonds is 3. The van der Waals surface area contributed by atoms with Crippen molar-refractivity contribution in [3.63, 3.8) is 0 Å². The molecule has 0 aromatic carbocycles. The first-order chi connectivity index (χ1) is 6.79. The van der Waals surface area contributed by atoms with Crippen LogP contribution in [0, 0.1) is 0 Å². The third-order valence-electron chi connectivity index (χ3n) is 1.73. The molecule has 4 nitrogen and oxygen atoms in total. The SMILES string of the molecule is O=C(CCl)NCc1cn2ccsc2n1. The van der Waals surface area contributed by atoms with E-state index < -0.39 is 0 Å². The van der Waals surface area contributed by atoms with E-state index in [2.05, 4.69) is 10.3 Å². The topological polar surface area (TPSA) is 46.4 Å². The second-order valence-corrected chi connectivity index (χ2v) is 3.88. The number of carbonyl (C=O) groups is 1. The van der Waals surface area contributed by atoms with Gasteiger partial charge in [0.25, 0.3) is 0 Å². The van der Waals surface area contributed by atoms with Gasteiger partial charge < -0.3 is 5.32 Å². The molecule has 2 aromatic heterocycles. The zero-order chi connectivity index (χ0) is 9.97. The number of imidazole rings is 1. The number of aromatic nitrogens is 2. The Hall–Kier alpha value is -1.07. The van der Waals surface area contributed by atoms with Gasteiger partial charge in [0.15, 0.2) is 4.96 Å². The standard InChI is InChI=1S/C8H8ClN3OS/c9-3-7(13)10-4-6-5-12-1-2-14-8(12)11-6/h1-2,5H,3-4H2,(H,10,13). The third kappa shape index (κ3) is 1.88. The Bertz CT molecular complexity index is 422. The third-order valence-corrected chi connectivity index (χ3v) is 2.74. The molecule has 0 bridgehead atoms. The van der Waals surface area contributed by atoms with Gasteiger partial charge >= 0.3 is 0 Å². The molecule has 14 heavy (non-hydrogen) atoms. The summed E-state index contributed by atoms with van der Waals surface area (Å²) in [4.78, 5) is 16.1. The van der Waals surface area contributed by atoms with Crippen LogP contribution in [-0.2, 0) is 11.3 Å². The monoisotopic (exact) mass is 229 g/mol. The first-order valence-electron chi connectivity index (χ1n) is 4.03. The Morgan fingerprint density at radius 2 is 2.57 bits per heavy atom. The molecule has 6 heteroatoms. The van der Waals surface area contributed by atoms with E-state index in [4.69, 9.17) is 11.6 Å². The minimum absolute atomic E-state index is 0.0117. The number of thiazole rings is 1. The molecule has 0 aliphatic rings. The summed E-state index contributed by atoms with van der Waals surface area (Å²) in [6.45, 7) is 0.431. The second-order valence-electron chi connectivity index (χ2n) is 2.74. The molecule has 2 heterocycles. The zero-order valence-corrected chi connectivity index (χ0v) is 8.81. The van der Waals surface area contributed by atoms with Crippen LogP contribution in [0.4, 0.5) is 0 Å². The molecule has 0 fully saturated rings. The Morgan fingerprint density at radius 1 is 1.71 bits per heavy atom. The highest BCUT2D eigenvalue weighted by molar-refractivity contribution is 7.15. The summed E-state index contributed by atoms with van der Waals surface area (Å²) in [6.07, 6.45) is 3.82. The molecule has 74 valence electrons. The van der Waals surface area contributed by atoms with Gasteiger partial charge in [-0.3, -0.25) is 9.20 Å².